The van der Waals surface area contributed by atoms with Crippen LogP contribution < -0.4 is 0 Å². The second kappa shape index (κ2) is 6.14. The highest BCUT2D eigenvalue weighted by molar-refractivity contribution is 7.09. The standard InChI is InChI=1S/C11H19NOS/c1-4-9(3)10-8-14-11(12-10)6-7-13-5-2/h8-9H,4-7H2,1-3H3. The lowest BCUT2D eigenvalue weighted by atomic mass is 10.1. The highest BCUT2D eigenvalue weighted by Gasteiger charge is 2.07. The van der Waals surface area contributed by atoms with Crippen LogP contribution in [0.25, 0.3) is 0 Å². The maximum absolute atomic E-state index is 5.30. The van der Waals surface area contributed by atoms with Crippen molar-refractivity contribution in [3.63, 3.8) is 0 Å². The van der Waals surface area contributed by atoms with Gasteiger partial charge in [-0.2, -0.15) is 0 Å². The molecule has 0 N–H and O–H groups in total. The monoisotopic (exact) mass is 213 g/mol. The number of ether oxygens (including phenoxy) is 1. The number of hydrogen-bond donors (Lipinski definition) is 0. The van der Waals surface area contributed by atoms with E-state index in [0.29, 0.717) is 5.92 Å². The topological polar surface area (TPSA) is 22.1 Å². The van der Waals surface area contributed by atoms with Gasteiger partial charge in [0.15, 0.2) is 0 Å². The molecule has 1 aromatic rings. The van der Waals surface area contributed by atoms with Crippen molar-refractivity contribution < 1.29 is 4.74 Å². The molecule has 80 valence electrons. The van der Waals surface area contributed by atoms with Crippen LogP contribution in [-0.4, -0.2) is 18.2 Å². The highest BCUT2D eigenvalue weighted by Crippen LogP contribution is 2.21. The van der Waals surface area contributed by atoms with Gasteiger partial charge >= 0.3 is 0 Å². The molecule has 0 radical (unpaired) electrons. The van der Waals surface area contributed by atoms with Crippen LogP contribution in [0.2, 0.25) is 0 Å². The van der Waals surface area contributed by atoms with Gasteiger partial charge in [-0.1, -0.05) is 13.8 Å². The molecule has 0 aromatic carbocycles. The van der Waals surface area contributed by atoms with Gasteiger partial charge in [-0.3, -0.25) is 0 Å². The number of nitrogens with zero attached hydrogens (tertiary/aromatic N) is 1. The molecule has 1 unspecified atom stereocenters. The summed E-state index contributed by atoms with van der Waals surface area (Å²) in [5.41, 5.74) is 1.24. The normalized spacial score (nSPS) is 13.1. The molecule has 14 heavy (non-hydrogen) atoms. The van der Waals surface area contributed by atoms with E-state index in [1.807, 2.05) is 6.92 Å². The molecule has 0 aliphatic heterocycles. The molecule has 1 heterocycles. The molecule has 0 amide bonds. The van der Waals surface area contributed by atoms with E-state index < -0.39 is 0 Å². The van der Waals surface area contributed by atoms with Crippen molar-refractivity contribution in [3.05, 3.63) is 16.1 Å². The Morgan fingerprint density at radius 3 is 2.93 bits per heavy atom. The second-order valence-corrected chi connectivity index (χ2v) is 4.36. The summed E-state index contributed by atoms with van der Waals surface area (Å²) in [4.78, 5) is 4.59. The van der Waals surface area contributed by atoms with Gasteiger partial charge in [0.1, 0.15) is 0 Å². The van der Waals surface area contributed by atoms with Gasteiger partial charge < -0.3 is 4.74 Å². The van der Waals surface area contributed by atoms with Crippen molar-refractivity contribution in [2.24, 2.45) is 0 Å². The van der Waals surface area contributed by atoms with Crippen LogP contribution in [0, 0.1) is 0 Å². The molecule has 1 aromatic heterocycles. The second-order valence-electron chi connectivity index (χ2n) is 3.42. The fourth-order valence-corrected chi connectivity index (χ4v) is 2.08. The quantitative estimate of drug-likeness (QED) is 0.677. The summed E-state index contributed by atoms with van der Waals surface area (Å²) >= 11 is 1.75. The lowest BCUT2D eigenvalue weighted by molar-refractivity contribution is 0.151. The Kier molecular flexibility index (Phi) is 5.12. The summed E-state index contributed by atoms with van der Waals surface area (Å²) in [6.45, 7) is 8.03. The maximum atomic E-state index is 5.30. The zero-order chi connectivity index (χ0) is 10.4. The Hall–Kier alpha value is -0.410. The van der Waals surface area contributed by atoms with Crippen molar-refractivity contribution in [2.45, 2.75) is 39.5 Å². The van der Waals surface area contributed by atoms with Gasteiger partial charge in [-0.25, -0.2) is 4.98 Å². The zero-order valence-electron chi connectivity index (χ0n) is 9.25. The van der Waals surface area contributed by atoms with E-state index in [1.165, 1.54) is 10.7 Å². The third-order valence-corrected chi connectivity index (χ3v) is 3.28. The Balaban J connectivity index is 2.42. The minimum atomic E-state index is 0.590. The Morgan fingerprint density at radius 1 is 1.50 bits per heavy atom. The van der Waals surface area contributed by atoms with Crippen molar-refractivity contribution in [2.75, 3.05) is 13.2 Å². The first-order valence-electron chi connectivity index (χ1n) is 5.30. The van der Waals surface area contributed by atoms with Crippen molar-refractivity contribution in [1.29, 1.82) is 0 Å². The SMILES string of the molecule is CCOCCc1nc(C(C)CC)cs1. The van der Waals surface area contributed by atoms with Crippen molar-refractivity contribution in [1.82, 2.24) is 4.98 Å². The minimum absolute atomic E-state index is 0.590. The van der Waals surface area contributed by atoms with E-state index >= 15 is 0 Å². The molecule has 0 spiro atoms. The lowest BCUT2D eigenvalue weighted by Crippen LogP contribution is -1.98. The fraction of sp³-hybridized carbons (Fsp3) is 0.727. The van der Waals surface area contributed by atoms with Gasteiger partial charge in [0.05, 0.1) is 17.3 Å². The van der Waals surface area contributed by atoms with Gasteiger partial charge in [-0.05, 0) is 19.3 Å². The molecule has 1 atom stereocenters. The Morgan fingerprint density at radius 2 is 2.29 bits per heavy atom. The van der Waals surface area contributed by atoms with E-state index in [-0.39, 0.29) is 0 Å². The number of aromatic nitrogens is 1. The largest absolute Gasteiger partial charge is 0.381 e. The smallest absolute Gasteiger partial charge is 0.0951 e. The van der Waals surface area contributed by atoms with Crippen molar-refractivity contribution >= 4 is 11.3 Å². The molecule has 0 fully saturated rings. The van der Waals surface area contributed by atoms with Crippen LogP contribution in [0.3, 0.4) is 0 Å². The molecule has 0 aliphatic carbocycles. The predicted molar refractivity (Wildman–Crippen MR) is 61.0 cm³/mol. The molecule has 0 aliphatic rings. The van der Waals surface area contributed by atoms with Gasteiger partial charge in [0.25, 0.3) is 0 Å². The van der Waals surface area contributed by atoms with E-state index in [9.17, 15) is 0 Å². The first-order valence-corrected chi connectivity index (χ1v) is 6.17. The highest BCUT2D eigenvalue weighted by atomic mass is 32.1. The summed E-state index contributed by atoms with van der Waals surface area (Å²) in [6.07, 6.45) is 2.11. The van der Waals surface area contributed by atoms with Crippen molar-refractivity contribution in [3.8, 4) is 0 Å². The molecule has 0 saturated carbocycles. The molecular weight excluding hydrogens is 194 g/mol. The number of rotatable bonds is 6. The Bertz CT molecular complexity index is 260. The molecule has 2 nitrogen and oxygen atoms in total. The fourth-order valence-electron chi connectivity index (χ4n) is 1.18. The summed E-state index contributed by atoms with van der Waals surface area (Å²) in [6, 6.07) is 0. The van der Waals surface area contributed by atoms with Gasteiger partial charge in [0, 0.05) is 18.4 Å². The van der Waals surface area contributed by atoms with Gasteiger partial charge in [-0.15, -0.1) is 11.3 Å². The zero-order valence-corrected chi connectivity index (χ0v) is 10.1. The van der Waals surface area contributed by atoms with Crippen LogP contribution in [0.15, 0.2) is 5.38 Å². The van der Waals surface area contributed by atoms with E-state index in [1.54, 1.807) is 11.3 Å². The van der Waals surface area contributed by atoms with Gasteiger partial charge in [0.2, 0.25) is 0 Å². The van der Waals surface area contributed by atoms with Crippen LogP contribution >= 0.6 is 11.3 Å². The molecule has 0 bridgehead atoms. The first kappa shape index (κ1) is 11.7. The predicted octanol–water partition coefficient (Wildman–Crippen LogP) is 3.24. The molecule has 1 rings (SSSR count). The average Bonchev–Trinajstić information content (AvgIpc) is 2.66. The maximum Gasteiger partial charge on any atom is 0.0951 e. The summed E-state index contributed by atoms with van der Waals surface area (Å²) < 4.78 is 5.30. The first-order chi connectivity index (χ1) is 6.77. The summed E-state index contributed by atoms with van der Waals surface area (Å²) in [5, 5.41) is 3.38. The third kappa shape index (κ3) is 3.39. The van der Waals surface area contributed by atoms with E-state index in [0.717, 1.165) is 26.1 Å². The Labute approximate surface area is 90.3 Å². The lowest BCUT2D eigenvalue weighted by Gasteiger charge is -2.02. The molecule has 3 heteroatoms. The van der Waals surface area contributed by atoms with Crippen LogP contribution in [-0.2, 0) is 11.2 Å². The van der Waals surface area contributed by atoms with Crippen LogP contribution in [0.1, 0.15) is 43.8 Å². The number of thiazole rings is 1. The third-order valence-electron chi connectivity index (χ3n) is 2.35. The summed E-state index contributed by atoms with van der Waals surface area (Å²) in [7, 11) is 0. The van der Waals surface area contributed by atoms with Crippen LogP contribution in [0.4, 0.5) is 0 Å². The minimum Gasteiger partial charge on any atom is -0.381 e. The molecule has 0 saturated heterocycles. The molecular formula is C11H19NOS. The van der Waals surface area contributed by atoms with Crippen LogP contribution in [0.5, 0.6) is 0 Å². The average molecular weight is 213 g/mol. The van der Waals surface area contributed by atoms with E-state index in [2.05, 4.69) is 24.2 Å². The van der Waals surface area contributed by atoms with E-state index in [4.69, 9.17) is 4.74 Å². The number of hydrogen-bond acceptors (Lipinski definition) is 3. The summed E-state index contributed by atoms with van der Waals surface area (Å²) in [5.74, 6) is 0.590.